The molecule has 0 aliphatic carbocycles. The molecule has 104 valence electrons. The van der Waals surface area contributed by atoms with Crippen molar-refractivity contribution >= 4 is 16.1 Å². The summed E-state index contributed by atoms with van der Waals surface area (Å²) in [5, 5.41) is 0. The number of rotatable bonds is 5. The van der Waals surface area contributed by atoms with Crippen molar-refractivity contribution in [2.24, 2.45) is 0 Å². The van der Waals surface area contributed by atoms with Crippen LogP contribution in [0.2, 0.25) is 0 Å². The summed E-state index contributed by atoms with van der Waals surface area (Å²) in [4.78, 5) is 12.8. The van der Waals surface area contributed by atoms with E-state index in [2.05, 4.69) is 4.72 Å². The average Bonchev–Trinajstić information content (AvgIpc) is 2.69. The van der Waals surface area contributed by atoms with Gasteiger partial charge in [0, 0.05) is 13.6 Å². The Hall–Kier alpha value is -1.60. The van der Waals surface area contributed by atoms with E-state index >= 15 is 0 Å². The lowest BCUT2D eigenvalue weighted by atomic mass is 10.2. The predicted octanol–water partition coefficient (Wildman–Crippen LogP) is 0.806. The van der Waals surface area contributed by atoms with Gasteiger partial charge in [-0.25, -0.2) is 17.9 Å². The number of hydrogen-bond donors (Lipinski definition) is 1. The Labute approximate surface area is 112 Å². The van der Waals surface area contributed by atoms with Crippen molar-refractivity contribution in [3.63, 3.8) is 0 Å². The Kier molecular flexibility index (Phi) is 4.06. The predicted molar refractivity (Wildman–Crippen MR) is 69.1 cm³/mol. The summed E-state index contributed by atoms with van der Waals surface area (Å²) in [7, 11) is -1.83. The molecule has 1 aliphatic heterocycles. The van der Waals surface area contributed by atoms with E-state index in [0.717, 1.165) is 0 Å². The fourth-order valence-electron chi connectivity index (χ4n) is 1.84. The van der Waals surface area contributed by atoms with Gasteiger partial charge in [0.05, 0.1) is 11.4 Å². The summed E-state index contributed by atoms with van der Waals surface area (Å²) in [6.07, 6.45) is -0.158. The summed E-state index contributed by atoms with van der Waals surface area (Å²) >= 11 is 0. The normalized spacial score (nSPS) is 19.5. The van der Waals surface area contributed by atoms with E-state index in [1.165, 1.54) is 17.0 Å². The number of carbonyl (C=O) groups excluding carboxylic acids is 1. The van der Waals surface area contributed by atoms with Gasteiger partial charge in [-0.3, -0.25) is 0 Å². The van der Waals surface area contributed by atoms with Crippen LogP contribution in [0.5, 0.6) is 0 Å². The Bertz CT molecular complexity index is 544. The SMILES string of the molecule is CN1CC(CCNS(=O)(=O)c2ccccc2)OC1=O. The third-order valence-corrected chi connectivity index (χ3v) is 4.35. The second-order valence-electron chi connectivity index (χ2n) is 4.39. The van der Waals surface area contributed by atoms with Crippen LogP contribution in [0.25, 0.3) is 0 Å². The highest BCUT2D eigenvalue weighted by Gasteiger charge is 2.28. The minimum Gasteiger partial charge on any atom is -0.444 e. The lowest BCUT2D eigenvalue weighted by molar-refractivity contribution is 0.131. The third kappa shape index (κ3) is 3.45. The van der Waals surface area contributed by atoms with Crippen LogP contribution in [0.4, 0.5) is 4.79 Å². The number of likely N-dealkylation sites (N-methyl/N-ethyl adjacent to an activating group) is 1. The van der Waals surface area contributed by atoms with Gasteiger partial charge in [-0.15, -0.1) is 0 Å². The zero-order valence-corrected chi connectivity index (χ0v) is 11.4. The quantitative estimate of drug-likeness (QED) is 0.868. The highest BCUT2D eigenvalue weighted by molar-refractivity contribution is 7.89. The van der Waals surface area contributed by atoms with Gasteiger partial charge in [0.1, 0.15) is 6.10 Å². The number of ether oxygens (including phenoxy) is 1. The van der Waals surface area contributed by atoms with Gasteiger partial charge in [-0.1, -0.05) is 18.2 Å². The zero-order chi connectivity index (χ0) is 13.9. The Balaban J connectivity index is 1.85. The summed E-state index contributed by atoms with van der Waals surface area (Å²) in [6.45, 7) is 0.731. The molecule has 1 heterocycles. The van der Waals surface area contributed by atoms with Crippen molar-refractivity contribution in [1.29, 1.82) is 0 Å². The minimum absolute atomic E-state index is 0.232. The molecular weight excluding hydrogens is 268 g/mol. The Morgan fingerprint density at radius 2 is 2.05 bits per heavy atom. The average molecular weight is 284 g/mol. The van der Waals surface area contributed by atoms with E-state index in [1.54, 1.807) is 25.2 Å². The largest absolute Gasteiger partial charge is 0.444 e. The smallest absolute Gasteiger partial charge is 0.409 e. The number of cyclic esters (lactones) is 1. The van der Waals surface area contributed by atoms with Crippen LogP contribution in [-0.4, -0.2) is 45.7 Å². The van der Waals surface area contributed by atoms with Crippen molar-refractivity contribution in [2.45, 2.75) is 17.4 Å². The maximum absolute atomic E-state index is 11.9. The van der Waals surface area contributed by atoms with Crippen molar-refractivity contribution in [3.05, 3.63) is 30.3 Å². The first-order chi connectivity index (χ1) is 8.99. The molecule has 1 fully saturated rings. The molecule has 0 spiro atoms. The molecule has 1 atom stereocenters. The van der Waals surface area contributed by atoms with Gasteiger partial charge < -0.3 is 9.64 Å². The van der Waals surface area contributed by atoms with Crippen molar-refractivity contribution < 1.29 is 17.9 Å². The molecule has 1 saturated heterocycles. The fraction of sp³-hybridized carbons (Fsp3) is 0.417. The highest BCUT2D eigenvalue weighted by atomic mass is 32.2. The first-order valence-corrected chi connectivity index (χ1v) is 7.44. The van der Waals surface area contributed by atoms with Gasteiger partial charge in [-0.05, 0) is 18.6 Å². The topological polar surface area (TPSA) is 75.7 Å². The summed E-state index contributed by atoms with van der Waals surface area (Å²) < 4.78 is 31.4. The molecule has 0 radical (unpaired) electrons. The monoisotopic (exact) mass is 284 g/mol. The van der Waals surface area contributed by atoms with E-state index in [1.807, 2.05) is 0 Å². The molecule has 1 aromatic rings. The number of nitrogens with zero attached hydrogens (tertiary/aromatic N) is 1. The molecule has 7 heteroatoms. The van der Waals surface area contributed by atoms with E-state index in [0.29, 0.717) is 13.0 Å². The molecule has 2 rings (SSSR count). The van der Waals surface area contributed by atoms with Gasteiger partial charge in [-0.2, -0.15) is 0 Å². The lowest BCUT2D eigenvalue weighted by Gasteiger charge is -2.09. The second-order valence-corrected chi connectivity index (χ2v) is 6.15. The second kappa shape index (κ2) is 5.58. The number of sulfonamides is 1. The van der Waals surface area contributed by atoms with E-state index in [9.17, 15) is 13.2 Å². The molecular formula is C12H16N2O4S. The third-order valence-electron chi connectivity index (χ3n) is 2.87. The van der Waals surface area contributed by atoms with Crippen molar-refractivity contribution in [3.8, 4) is 0 Å². The fourth-order valence-corrected chi connectivity index (χ4v) is 2.91. The van der Waals surface area contributed by atoms with Crippen LogP contribution in [-0.2, 0) is 14.8 Å². The van der Waals surface area contributed by atoms with Gasteiger partial charge >= 0.3 is 6.09 Å². The van der Waals surface area contributed by atoms with Crippen LogP contribution >= 0.6 is 0 Å². The van der Waals surface area contributed by atoms with Crippen molar-refractivity contribution in [2.75, 3.05) is 20.1 Å². The molecule has 1 N–H and O–H groups in total. The number of benzene rings is 1. The zero-order valence-electron chi connectivity index (χ0n) is 10.6. The molecule has 1 amide bonds. The van der Waals surface area contributed by atoms with Gasteiger partial charge in [0.15, 0.2) is 0 Å². The Morgan fingerprint density at radius 1 is 1.37 bits per heavy atom. The first-order valence-electron chi connectivity index (χ1n) is 5.95. The molecule has 0 saturated carbocycles. The lowest BCUT2D eigenvalue weighted by Crippen LogP contribution is -2.28. The summed E-state index contributed by atoms with van der Waals surface area (Å²) in [5.41, 5.74) is 0. The van der Waals surface area contributed by atoms with E-state index in [-0.39, 0.29) is 23.6 Å². The van der Waals surface area contributed by atoms with Crippen LogP contribution in [0.1, 0.15) is 6.42 Å². The molecule has 0 aromatic heterocycles. The van der Waals surface area contributed by atoms with E-state index in [4.69, 9.17) is 4.74 Å². The molecule has 0 bridgehead atoms. The number of nitrogens with one attached hydrogen (secondary N) is 1. The van der Waals surface area contributed by atoms with E-state index < -0.39 is 10.0 Å². The number of carbonyl (C=O) groups is 1. The molecule has 1 aliphatic rings. The molecule has 1 aromatic carbocycles. The summed E-state index contributed by atoms with van der Waals surface area (Å²) in [5.74, 6) is 0. The maximum Gasteiger partial charge on any atom is 0.409 e. The maximum atomic E-state index is 11.9. The van der Waals surface area contributed by atoms with Gasteiger partial charge in [0.25, 0.3) is 0 Å². The molecule has 19 heavy (non-hydrogen) atoms. The van der Waals surface area contributed by atoms with Crippen LogP contribution in [0.15, 0.2) is 35.2 Å². The van der Waals surface area contributed by atoms with Crippen molar-refractivity contribution in [1.82, 2.24) is 9.62 Å². The number of amides is 1. The minimum atomic E-state index is -3.48. The van der Waals surface area contributed by atoms with Crippen LogP contribution in [0.3, 0.4) is 0 Å². The standard InChI is InChI=1S/C12H16N2O4S/c1-14-9-10(18-12(14)15)7-8-13-19(16,17)11-5-3-2-4-6-11/h2-6,10,13H,7-9H2,1H3. The summed E-state index contributed by atoms with van der Waals surface area (Å²) in [6, 6.07) is 8.16. The first kappa shape index (κ1) is 13.8. The number of hydrogen-bond acceptors (Lipinski definition) is 4. The Morgan fingerprint density at radius 3 is 2.63 bits per heavy atom. The molecule has 1 unspecified atom stereocenters. The van der Waals surface area contributed by atoms with Crippen LogP contribution in [0, 0.1) is 0 Å². The van der Waals surface area contributed by atoms with Gasteiger partial charge in [0.2, 0.25) is 10.0 Å². The molecule has 6 nitrogen and oxygen atoms in total. The highest BCUT2D eigenvalue weighted by Crippen LogP contribution is 2.12. The van der Waals surface area contributed by atoms with Crippen LogP contribution < -0.4 is 4.72 Å².